The van der Waals surface area contributed by atoms with Gasteiger partial charge in [-0.1, -0.05) is 26.7 Å². The van der Waals surface area contributed by atoms with Crippen LogP contribution in [0.1, 0.15) is 44.9 Å². The van der Waals surface area contributed by atoms with Gasteiger partial charge >= 0.3 is 0 Å². The first kappa shape index (κ1) is 17.6. The number of thioether (sulfide) groups is 1. The Kier molecular flexibility index (Phi) is 5.07. The number of carbonyl (C=O) groups is 1. The highest BCUT2D eigenvalue weighted by atomic mass is 32.2. The molecule has 2 aromatic rings. The maximum Gasteiger partial charge on any atom is 0.229 e. The van der Waals surface area contributed by atoms with Gasteiger partial charge in [0.2, 0.25) is 5.91 Å². The number of unbranched alkanes of at least 4 members (excludes halogenated alkanes) is 1. The molecule has 26 heavy (non-hydrogen) atoms. The van der Waals surface area contributed by atoms with Crippen LogP contribution < -0.4 is 4.90 Å². The van der Waals surface area contributed by atoms with E-state index in [4.69, 9.17) is 0 Å². The van der Waals surface area contributed by atoms with Gasteiger partial charge in [-0.3, -0.25) is 4.79 Å². The van der Waals surface area contributed by atoms with E-state index >= 15 is 0 Å². The lowest BCUT2D eigenvalue weighted by Crippen LogP contribution is -2.54. The third-order valence-electron chi connectivity index (χ3n) is 5.42. The lowest BCUT2D eigenvalue weighted by atomic mass is 9.98. The molecule has 1 amide bonds. The Hall–Kier alpha value is -1.76. The number of aromatic nitrogens is 3. The summed E-state index contributed by atoms with van der Waals surface area (Å²) in [5, 5.41) is 4.69. The minimum absolute atomic E-state index is 0.143. The van der Waals surface area contributed by atoms with Gasteiger partial charge in [-0.15, -0.1) is 11.8 Å². The number of pyridine rings is 1. The average Bonchev–Trinajstić information content (AvgIpc) is 3.27. The Balaban J connectivity index is 1.41. The molecule has 0 bridgehead atoms. The third kappa shape index (κ3) is 3.41. The first-order valence-corrected chi connectivity index (χ1v) is 10.8. The van der Waals surface area contributed by atoms with Gasteiger partial charge in [-0.25, -0.2) is 9.50 Å². The minimum Gasteiger partial charge on any atom is -0.369 e. The van der Waals surface area contributed by atoms with Gasteiger partial charge in [0.15, 0.2) is 11.5 Å². The smallest absolute Gasteiger partial charge is 0.229 e. The molecular weight excluding hydrogens is 346 g/mol. The SMILES string of the molecule is CCCCC(C)c1nc2ccc(N3CC(C(=O)N4CCSC4)C3)cn2n1. The number of carbonyl (C=O) groups excluding carboxylic acids is 1. The van der Waals surface area contributed by atoms with Crippen molar-refractivity contribution in [2.45, 2.75) is 39.0 Å². The second kappa shape index (κ2) is 7.47. The van der Waals surface area contributed by atoms with Gasteiger partial charge in [-0.05, 0) is 18.6 Å². The van der Waals surface area contributed by atoms with E-state index in [9.17, 15) is 4.79 Å². The number of hydrogen-bond donors (Lipinski definition) is 0. The van der Waals surface area contributed by atoms with E-state index in [-0.39, 0.29) is 5.92 Å². The molecule has 1 unspecified atom stereocenters. The molecule has 1 atom stereocenters. The average molecular weight is 374 g/mol. The second-order valence-corrected chi connectivity index (χ2v) is 8.52. The number of hydrogen-bond acceptors (Lipinski definition) is 5. The van der Waals surface area contributed by atoms with Crippen LogP contribution in [0.4, 0.5) is 5.69 Å². The van der Waals surface area contributed by atoms with Gasteiger partial charge < -0.3 is 9.80 Å². The quantitative estimate of drug-likeness (QED) is 0.779. The molecule has 2 aliphatic heterocycles. The van der Waals surface area contributed by atoms with E-state index in [1.165, 1.54) is 12.8 Å². The molecule has 2 aliphatic rings. The number of fused-ring (bicyclic) bond motifs is 1. The zero-order valence-electron chi connectivity index (χ0n) is 15.6. The Labute approximate surface area is 158 Å². The predicted octanol–water partition coefficient (Wildman–Crippen LogP) is 2.99. The van der Waals surface area contributed by atoms with E-state index in [0.29, 0.717) is 11.8 Å². The fourth-order valence-electron chi connectivity index (χ4n) is 3.62. The van der Waals surface area contributed by atoms with E-state index in [2.05, 4.69) is 34.9 Å². The lowest BCUT2D eigenvalue weighted by molar-refractivity contribution is -0.134. The largest absolute Gasteiger partial charge is 0.369 e. The molecule has 0 saturated carbocycles. The number of anilines is 1. The first-order valence-electron chi connectivity index (χ1n) is 9.63. The molecule has 0 aliphatic carbocycles. The van der Waals surface area contributed by atoms with Crippen LogP contribution >= 0.6 is 11.8 Å². The van der Waals surface area contributed by atoms with Crippen molar-refractivity contribution in [3.63, 3.8) is 0 Å². The van der Waals surface area contributed by atoms with Crippen molar-refractivity contribution in [2.24, 2.45) is 5.92 Å². The van der Waals surface area contributed by atoms with Crippen molar-refractivity contribution in [3.8, 4) is 0 Å². The van der Waals surface area contributed by atoms with E-state index in [1.54, 1.807) is 0 Å². The van der Waals surface area contributed by atoms with Crippen molar-refractivity contribution in [2.75, 3.05) is 36.2 Å². The van der Waals surface area contributed by atoms with Crippen LogP contribution in [0.25, 0.3) is 5.65 Å². The number of amides is 1. The summed E-state index contributed by atoms with van der Waals surface area (Å²) >= 11 is 1.84. The van der Waals surface area contributed by atoms with Crippen LogP contribution in [-0.2, 0) is 4.79 Å². The Bertz CT molecular complexity index is 779. The Morgan fingerprint density at radius 1 is 1.38 bits per heavy atom. The molecule has 2 fully saturated rings. The Morgan fingerprint density at radius 2 is 2.23 bits per heavy atom. The summed E-state index contributed by atoms with van der Waals surface area (Å²) in [6.45, 7) is 6.93. The summed E-state index contributed by atoms with van der Waals surface area (Å²) in [6.07, 6.45) is 5.59. The molecule has 0 spiro atoms. The van der Waals surface area contributed by atoms with E-state index < -0.39 is 0 Å². The van der Waals surface area contributed by atoms with E-state index in [1.807, 2.05) is 33.4 Å². The molecule has 2 aromatic heterocycles. The molecule has 7 heteroatoms. The van der Waals surface area contributed by atoms with Crippen LogP contribution in [0.3, 0.4) is 0 Å². The summed E-state index contributed by atoms with van der Waals surface area (Å²) in [7, 11) is 0. The third-order valence-corrected chi connectivity index (χ3v) is 6.39. The van der Waals surface area contributed by atoms with Crippen molar-refractivity contribution in [1.29, 1.82) is 0 Å². The standard InChI is InChI=1S/C19H27N5OS/c1-3-4-5-14(2)18-20-17-7-6-16(12-24(17)21-18)23-10-15(11-23)19(25)22-8-9-26-13-22/h6-7,12,14-15H,3-5,8-11,13H2,1-2H3. The number of nitrogens with zero attached hydrogens (tertiary/aromatic N) is 5. The minimum atomic E-state index is 0.143. The molecule has 6 nitrogen and oxygen atoms in total. The van der Waals surface area contributed by atoms with Crippen LogP contribution in [0, 0.1) is 5.92 Å². The van der Waals surface area contributed by atoms with Crippen molar-refractivity contribution in [1.82, 2.24) is 19.5 Å². The van der Waals surface area contributed by atoms with Gasteiger partial charge in [-0.2, -0.15) is 5.10 Å². The van der Waals surface area contributed by atoms with Gasteiger partial charge in [0.1, 0.15) is 0 Å². The normalized spacial score (nSPS) is 19.2. The summed E-state index contributed by atoms with van der Waals surface area (Å²) in [6, 6.07) is 4.13. The van der Waals surface area contributed by atoms with Crippen molar-refractivity contribution >= 4 is 29.0 Å². The van der Waals surface area contributed by atoms with E-state index in [0.717, 1.165) is 54.8 Å². The highest BCUT2D eigenvalue weighted by Crippen LogP contribution is 2.28. The lowest BCUT2D eigenvalue weighted by Gasteiger charge is -2.41. The Morgan fingerprint density at radius 3 is 2.96 bits per heavy atom. The summed E-state index contributed by atoms with van der Waals surface area (Å²) in [4.78, 5) is 21.4. The van der Waals surface area contributed by atoms with Crippen molar-refractivity contribution in [3.05, 3.63) is 24.2 Å². The molecule has 140 valence electrons. The molecular formula is C19H27N5OS. The molecule has 4 rings (SSSR count). The molecule has 4 heterocycles. The monoisotopic (exact) mass is 373 g/mol. The van der Waals surface area contributed by atoms with Gasteiger partial charge in [0, 0.05) is 31.3 Å². The summed E-state index contributed by atoms with van der Waals surface area (Å²) in [5.74, 6) is 3.72. The molecule has 0 radical (unpaired) electrons. The van der Waals surface area contributed by atoms with Crippen LogP contribution in [0.5, 0.6) is 0 Å². The maximum absolute atomic E-state index is 12.4. The first-order chi connectivity index (χ1) is 12.7. The summed E-state index contributed by atoms with van der Waals surface area (Å²) in [5.41, 5.74) is 2.02. The maximum atomic E-state index is 12.4. The fourth-order valence-corrected chi connectivity index (χ4v) is 4.57. The highest BCUT2D eigenvalue weighted by molar-refractivity contribution is 7.99. The second-order valence-electron chi connectivity index (χ2n) is 7.44. The van der Waals surface area contributed by atoms with Gasteiger partial charge in [0.25, 0.3) is 0 Å². The predicted molar refractivity (Wildman–Crippen MR) is 106 cm³/mol. The van der Waals surface area contributed by atoms with Crippen molar-refractivity contribution < 1.29 is 4.79 Å². The van der Waals surface area contributed by atoms with Gasteiger partial charge in [0.05, 0.1) is 23.7 Å². The highest BCUT2D eigenvalue weighted by Gasteiger charge is 2.36. The fraction of sp³-hybridized carbons (Fsp3) is 0.632. The zero-order chi connectivity index (χ0) is 18.1. The number of rotatable bonds is 6. The van der Waals surface area contributed by atoms with Crippen LogP contribution in [-0.4, -0.2) is 56.7 Å². The molecule has 2 saturated heterocycles. The van der Waals surface area contributed by atoms with Crippen LogP contribution in [0.2, 0.25) is 0 Å². The van der Waals surface area contributed by atoms with Crippen LogP contribution in [0.15, 0.2) is 18.3 Å². The zero-order valence-corrected chi connectivity index (χ0v) is 16.4. The molecule has 0 N–H and O–H groups in total. The summed E-state index contributed by atoms with van der Waals surface area (Å²) < 4.78 is 1.89. The molecule has 0 aromatic carbocycles. The topological polar surface area (TPSA) is 53.7 Å².